The van der Waals surface area contributed by atoms with E-state index < -0.39 is 0 Å². The van der Waals surface area contributed by atoms with Crippen molar-refractivity contribution in [1.29, 1.82) is 0 Å². The molecule has 0 aliphatic carbocycles. The highest BCUT2D eigenvalue weighted by molar-refractivity contribution is 6.12. The molecule has 0 bridgehead atoms. The van der Waals surface area contributed by atoms with Gasteiger partial charge in [-0.25, -0.2) is 0 Å². The molecule has 0 atom stereocenters. The van der Waals surface area contributed by atoms with Crippen LogP contribution in [0.1, 0.15) is 27.6 Å². The van der Waals surface area contributed by atoms with Crippen LogP contribution in [0.3, 0.4) is 0 Å². The van der Waals surface area contributed by atoms with Crippen LogP contribution in [0, 0.1) is 0 Å². The maximum Gasteiger partial charge on any atom is 0.283 e. The van der Waals surface area contributed by atoms with Crippen molar-refractivity contribution in [3.05, 3.63) is 108 Å². The molecule has 0 aliphatic rings. The van der Waals surface area contributed by atoms with Crippen molar-refractivity contribution < 1.29 is 19.3 Å². The Balaban J connectivity index is 1.44. The molecule has 2 amide bonds. The molecule has 7 nitrogen and oxygen atoms in total. The van der Waals surface area contributed by atoms with Crippen molar-refractivity contribution >= 4 is 33.6 Å². The van der Waals surface area contributed by atoms with Crippen LogP contribution in [-0.2, 0) is 6.54 Å². The van der Waals surface area contributed by atoms with Crippen molar-refractivity contribution in [2.24, 2.45) is 0 Å². The summed E-state index contributed by atoms with van der Waals surface area (Å²) in [7, 11) is 0. The maximum absolute atomic E-state index is 12.7. The third kappa shape index (κ3) is 4.52. The molecule has 35 heavy (non-hydrogen) atoms. The minimum absolute atomic E-state index is 0.363. The van der Waals surface area contributed by atoms with Gasteiger partial charge in [-0.3, -0.25) is 9.59 Å². The van der Waals surface area contributed by atoms with Crippen LogP contribution in [-0.4, -0.2) is 16.4 Å². The van der Waals surface area contributed by atoms with E-state index >= 15 is 0 Å². The van der Waals surface area contributed by atoms with E-state index in [1.165, 1.54) is 0 Å². The van der Waals surface area contributed by atoms with Crippen molar-refractivity contribution in [3.8, 4) is 11.5 Å². The molecule has 1 heterocycles. The lowest BCUT2D eigenvalue weighted by atomic mass is 10.1. The number of rotatable bonds is 7. The number of para-hydroxylation sites is 2. The van der Waals surface area contributed by atoms with Crippen LogP contribution in [0.5, 0.6) is 11.5 Å². The lowest BCUT2D eigenvalue weighted by Gasteiger charge is -2.07. The Morgan fingerprint density at radius 3 is 1.49 bits per heavy atom. The summed E-state index contributed by atoms with van der Waals surface area (Å²) in [5.74, 6) is 0.354. The van der Waals surface area contributed by atoms with Crippen LogP contribution >= 0.6 is 0 Å². The SMILES string of the molecule is CCn1c2ccc(C(=O)NOc3ccccc3)cc2c2cc(C(=O)NOc3ccccc3)ccc21. The molecule has 0 saturated carbocycles. The number of benzene rings is 4. The summed E-state index contributed by atoms with van der Waals surface area (Å²) in [4.78, 5) is 36.3. The van der Waals surface area contributed by atoms with Crippen molar-refractivity contribution in [2.45, 2.75) is 13.5 Å². The zero-order valence-corrected chi connectivity index (χ0v) is 19.0. The number of amides is 2. The maximum atomic E-state index is 12.7. The number of nitrogens with zero attached hydrogens (tertiary/aromatic N) is 1. The number of hydrogen-bond donors (Lipinski definition) is 2. The van der Waals surface area contributed by atoms with Gasteiger partial charge in [0.1, 0.15) is 0 Å². The zero-order chi connectivity index (χ0) is 24.2. The molecule has 1 aromatic heterocycles. The van der Waals surface area contributed by atoms with Gasteiger partial charge in [-0.1, -0.05) is 36.4 Å². The Labute approximate surface area is 201 Å². The summed E-state index contributed by atoms with van der Waals surface area (Å²) in [5, 5.41) is 1.74. The van der Waals surface area contributed by atoms with Gasteiger partial charge in [-0.05, 0) is 67.6 Å². The van der Waals surface area contributed by atoms with Crippen molar-refractivity contribution in [2.75, 3.05) is 0 Å². The number of hydrogen-bond acceptors (Lipinski definition) is 4. The minimum Gasteiger partial charge on any atom is -0.379 e. The zero-order valence-electron chi connectivity index (χ0n) is 19.0. The smallest absolute Gasteiger partial charge is 0.283 e. The average Bonchev–Trinajstić information content (AvgIpc) is 3.23. The van der Waals surface area contributed by atoms with E-state index in [-0.39, 0.29) is 11.8 Å². The van der Waals surface area contributed by atoms with Gasteiger partial charge >= 0.3 is 0 Å². The number of aryl methyl sites for hydroxylation is 1. The molecule has 5 aromatic rings. The van der Waals surface area contributed by atoms with E-state index in [0.29, 0.717) is 22.6 Å². The molecule has 7 heteroatoms. The van der Waals surface area contributed by atoms with Crippen molar-refractivity contribution in [3.63, 3.8) is 0 Å². The molecular weight excluding hydrogens is 442 g/mol. The molecule has 0 radical (unpaired) electrons. The summed E-state index contributed by atoms with van der Waals surface area (Å²) >= 11 is 0. The molecule has 0 unspecified atom stereocenters. The average molecular weight is 466 g/mol. The fourth-order valence-electron chi connectivity index (χ4n) is 4.03. The third-order valence-electron chi connectivity index (χ3n) is 5.72. The summed E-state index contributed by atoms with van der Waals surface area (Å²) in [6.45, 7) is 2.80. The highest BCUT2D eigenvalue weighted by Gasteiger charge is 2.16. The predicted molar refractivity (Wildman–Crippen MR) is 134 cm³/mol. The predicted octanol–water partition coefficient (Wildman–Crippen LogP) is 5.26. The Bertz CT molecular complexity index is 1400. The minimum atomic E-state index is -0.363. The summed E-state index contributed by atoms with van der Waals surface area (Å²) < 4.78 is 2.15. The molecule has 0 spiro atoms. The Morgan fingerprint density at radius 1 is 0.657 bits per heavy atom. The van der Waals surface area contributed by atoms with Crippen LogP contribution in [0.25, 0.3) is 21.8 Å². The van der Waals surface area contributed by atoms with E-state index in [1.807, 2.05) is 60.7 Å². The van der Waals surface area contributed by atoms with Crippen LogP contribution in [0.15, 0.2) is 97.1 Å². The standard InChI is InChI=1S/C28H23N3O4/c1-2-31-25-15-13-19(27(32)29-34-21-9-5-3-6-10-21)17-23(25)24-18-20(14-16-26(24)31)28(33)30-35-22-11-7-4-8-12-22/h3-18H,2H2,1H3,(H,29,32)(H,30,33). The van der Waals surface area contributed by atoms with Gasteiger partial charge in [0, 0.05) is 39.5 Å². The summed E-state index contributed by atoms with van der Waals surface area (Å²) in [6.07, 6.45) is 0. The third-order valence-corrected chi connectivity index (χ3v) is 5.72. The van der Waals surface area contributed by atoms with E-state index in [2.05, 4.69) is 22.5 Å². The fourth-order valence-corrected chi connectivity index (χ4v) is 4.03. The molecule has 0 fully saturated rings. The number of carbonyl (C=O) groups excluding carboxylic acids is 2. The molecule has 4 aromatic carbocycles. The largest absolute Gasteiger partial charge is 0.379 e. The van der Waals surface area contributed by atoms with Crippen LogP contribution < -0.4 is 20.6 Å². The Kier molecular flexibility index (Phi) is 6.05. The van der Waals surface area contributed by atoms with Gasteiger partial charge in [0.15, 0.2) is 11.5 Å². The van der Waals surface area contributed by atoms with Gasteiger partial charge < -0.3 is 14.2 Å². The molecule has 174 valence electrons. The van der Waals surface area contributed by atoms with Gasteiger partial charge in [0.25, 0.3) is 11.8 Å². The van der Waals surface area contributed by atoms with Crippen LogP contribution in [0.4, 0.5) is 0 Å². The highest BCUT2D eigenvalue weighted by Crippen LogP contribution is 2.31. The lowest BCUT2D eigenvalue weighted by molar-refractivity contribution is 0.0754. The molecule has 0 aliphatic heterocycles. The molecule has 0 saturated heterocycles. The number of aromatic nitrogens is 1. The molecule has 5 rings (SSSR count). The Hall–Kier alpha value is -4.78. The van der Waals surface area contributed by atoms with Crippen LogP contribution in [0.2, 0.25) is 0 Å². The summed E-state index contributed by atoms with van der Waals surface area (Å²) in [6, 6.07) is 29.0. The second kappa shape index (κ2) is 9.61. The summed E-state index contributed by atoms with van der Waals surface area (Å²) in [5.41, 5.74) is 7.81. The highest BCUT2D eigenvalue weighted by atomic mass is 16.7. The van der Waals surface area contributed by atoms with Gasteiger partial charge in [-0.2, -0.15) is 11.0 Å². The first-order valence-electron chi connectivity index (χ1n) is 11.2. The van der Waals surface area contributed by atoms with E-state index in [9.17, 15) is 9.59 Å². The van der Waals surface area contributed by atoms with E-state index in [0.717, 1.165) is 28.4 Å². The topological polar surface area (TPSA) is 81.6 Å². The number of fused-ring (bicyclic) bond motifs is 3. The van der Waals surface area contributed by atoms with Crippen molar-refractivity contribution in [1.82, 2.24) is 15.5 Å². The monoisotopic (exact) mass is 465 g/mol. The number of carbonyl (C=O) groups is 2. The lowest BCUT2D eigenvalue weighted by Crippen LogP contribution is -2.26. The second-order valence-electron chi connectivity index (χ2n) is 7.90. The first-order valence-corrected chi connectivity index (χ1v) is 11.2. The van der Waals surface area contributed by atoms with E-state index in [4.69, 9.17) is 9.68 Å². The number of hydroxylamine groups is 2. The molecular formula is C28H23N3O4. The molecule has 2 N–H and O–H groups in total. The van der Waals surface area contributed by atoms with Gasteiger partial charge in [-0.15, -0.1) is 0 Å². The van der Waals surface area contributed by atoms with Gasteiger partial charge in [0.2, 0.25) is 0 Å². The normalized spacial score (nSPS) is 10.8. The second-order valence-corrected chi connectivity index (χ2v) is 7.90. The Morgan fingerprint density at radius 2 is 1.09 bits per heavy atom. The van der Waals surface area contributed by atoms with Gasteiger partial charge in [0.05, 0.1) is 0 Å². The first-order chi connectivity index (χ1) is 17.1. The fraction of sp³-hybridized carbons (Fsp3) is 0.0714. The quantitative estimate of drug-likeness (QED) is 0.321. The van der Waals surface area contributed by atoms with E-state index in [1.54, 1.807) is 36.4 Å². The number of nitrogens with one attached hydrogen (secondary N) is 2. The first kappa shape index (κ1) is 22.0.